The number of carbonyl (C=O) groups excluding carboxylic acids is 1. The zero-order valence-electron chi connectivity index (χ0n) is 11.7. The number of aromatic amines is 1. The van der Waals surface area contributed by atoms with E-state index in [1.54, 1.807) is 18.3 Å². The molecule has 0 spiro atoms. The van der Waals surface area contributed by atoms with Gasteiger partial charge in [0.15, 0.2) is 0 Å². The molecule has 0 saturated carbocycles. The number of H-pyrrole nitrogens is 1. The molecule has 2 N–H and O–H groups in total. The van der Waals surface area contributed by atoms with Crippen molar-refractivity contribution in [3.63, 3.8) is 0 Å². The van der Waals surface area contributed by atoms with Gasteiger partial charge >= 0.3 is 0 Å². The van der Waals surface area contributed by atoms with Gasteiger partial charge in [0.1, 0.15) is 11.6 Å². The highest BCUT2D eigenvalue weighted by molar-refractivity contribution is 6.03. The minimum absolute atomic E-state index is 0.219. The van der Waals surface area contributed by atoms with Crippen molar-refractivity contribution in [3.05, 3.63) is 53.9 Å². The lowest BCUT2D eigenvalue weighted by molar-refractivity contribution is 0.102. The summed E-state index contributed by atoms with van der Waals surface area (Å²) < 4.78 is 14.4. The van der Waals surface area contributed by atoms with Gasteiger partial charge in [0.25, 0.3) is 5.91 Å². The number of aryl methyl sites for hydroxylation is 1. The number of hydrogen-bond donors (Lipinski definition) is 2. The quantitative estimate of drug-likeness (QED) is 0.770. The number of nitrogens with one attached hydrogen (secondary N) is 2. The summed E-state index contributed by atoms with van der Waals surface area (Å²) in [5, 5.41) is 13.3. The summed E-state index contributed by atoms with van der Waals surface area (Å²) in [6, 6.07) is 5.81. The molecule has 8 heteroatoms. The largest absolute Gasteiger partial charge is 0.289 e. The first kappa shape index (κ1) is 13.9. The molecule has 2 aromatic heterocycles. The molecule has 3 aromatic rings. The van der Waals surface area contributed by atoms with Crippen LogP contribution < -0.4 is 5.32 Å². The SMILES string of the molecule is CCc1nc(NC(=O)c2cnn(-c3ccc(F)cc3)c2)n[nH]1. The van der Waals surface area contributed by atoms with Crippen molar-refractivity contribution in [2.24, 2.45) is 0 Å². The summed E-state index contributed by atoms with van der Waals surface area (Å²) in [5.74, 6) is 0.217. The van der Waals surface area contributed by atoms with E-state index in [1.165, 1.54) is 23.0 Å². The van der Waals surface area contributed by atoms with E-state index in [2.05, 4.69) is 25.6 Å². The van der Waals surface area contributed by atoms with Crippen molar-refractivity contribution in [2.45, 2.75) is 13.3 Å². The molecule has 0 saturated heterocycles. The van der Waals surface area contributed by atoms with E-state index in [-0.39, 0.29) is 17.7 Å². The fourth-order valence-corrected chi connectivity index (χ4v) is 1.86. The van der Waals surface area contributed by atoms with Crippen molar-refractivity contribution in [2.75, 3.05) is 5.32 Å². The van der Waals surface area contributed by atoms with Crippen LogP contribution in [0.2, 0.25) is 0 Å². The molecular weight excluding hydrogens is 287 g/mol. The first-order valence-corrected chi connectivity index (χ1v) is 6.69. The van der Waals surface area contributed by atoms with E-state index >= 15 is 0 Å². The highest BCUT2D eigenvalue weighted by Crippen LogP contribution is 2.10. The summed E-state index contributed by atoms with van der Waals surface area (Å²) in [7, 11) is 0. The Labute approximate surface area is 125 Å². The lowest BCUT2D eigenvalue weighted by atomic mass is 10.3. The molecule has 0 aliphatic carbocycles. The van der Waals surface area contributed by atoms with Crippen LogP contribution >= 0.6 is 0 Å². The van der Waals surface area contributed by atoms with Crippen LogP contribution in [0.1, 0.15) is 23.1 Å². The van der Waals surface area contributed by atoms with Crippen molar-refractivity contribution in [1.82, 2.24) is 25.0 Å². The molecule has 1 amide bonds. The number of halogens is 1. The zero-order chi connectivity index (χ0) is 15.5. The van der Waals surface area contributed by atoms with Crippen molar-refractivity contribution in [1.29, 1.82) is 0 Å². The summed E-state index contributed by atoms with van der Waals surface area (Å²) in [4.78, 5) is 16.2. The number of carbonyl (C=O) groups is 1. The maximum absolute atomic E-state index is 12.9. The Morgan fingerprint density at radius 2 is 2.14 bits per heavy atom. The lowest BCUT2D eigenvalue weighted by Crippen LogP contribution is -2.12. The van der Waals surface area contributed by atoms with Gasteiger partial charge in [-0.3, -0.25) is 15.2 Å². The molecule has 7 nitrogen and oxygen atoms in total. The Morgan fingerprint density at radius 3 is 2.82 bits per heavy atom. The van der Waals surface area contributed by atoms with Crippen LogP contribution in [0, 0.1) is 5.82 Å². The molecule has 112 valence electrons. The van der Waals surface area contributed by atoms with Gasteiger partial charge in [-0.15, -0.1) is 5.10 Å². The van der Waals surface area contributed by atoms with E-state index in [4.69, 9.17) is 0 Å². The van der Waals surface area contributed by atoms with Crippen LogP contribution in [0.5, 0.6) is 0 Å². The number of benzene rings is 1. The molecule has 0 atom stereocenters. The average molecular weight is 300 g/mol. The third-order valence-corrected chi connectivity index (χ3v) is 3.03. The second kappa shape index (κ2) is 5.76. The predicted molar refractivity (Wildman–Crippen MR) is 77.2 cm³/mol. The second-order valence-electron chi connectivity index (χ2n) is 4.56. The highest BCUT2D eigenvalue weighted by atomic mass is 19.1. The van der Waals surface area contributed by atoms with Crippen LogP contribution in [0.15, 0.2) is 36.7 Å². The number of aromatic nitrogens is 5. The first-order valence-electron chi connectivity index (χ1n) is 6.69. The summed E-state index contributed by atoms with van der Waals surface area (Å²) in [6.07, 6.45) is 3.67. The molecule has 22 heavy (non-hydrogen) atoms. The molecular formula is C14H13FN6O. The number of nitrogens with zero attached hydrogens (tertiary/aromatic N) is 4. The van der Waals surface area contributed by atoms with Crippen LogP contribution in [0.3, 0.4) is 0 Å². The number of amides is 1. The van der Waals surface area contributed by atoms with Crippen LogP contribution in [0.4, 0.5) is 10.3 Å². The Balaban J connectivity index is 1.75. The fourth-order valence-electron chi connectivity index (χ4n) is 1.86. The molecule has 0 bridgehead atoms. The molecule has 0 radical (unpaired) electrons. The van der Waals surface area contributed by atoms with Crippen molar-refractivity contribution in [3.8, 4) is 5.69 Å². The third kappa shape index (κ3) is 2.85. The number of rotatable bonds is 4. The van der Waals surface area contributed by atoms with Gasteiger partial charge in [0.05, 0.1) is 17.4 Å². The first-order chi connectivity index (χ1) is 10.7. The molecule has 0 aliphatic rings. The minimum atomic E-state index is -0.366. The molecule has 0 fully saturated rings. The molecule has 2 heterocycles. The number of hydrogen-bond acceptors (Lipinski definition) is 4. The zero-order valence-corrected chi connectivity index (χ0v) is 11.7. The van der Waals surface area contributed by atoms with Gasteiger partial charge in [-0.05, 0) is 24.3 Å². The smallest absolute Gasteiger partial charge is 0.261 e. The summed E-state index contributed by atoms with van der Waals surface area (Å²) in [6.45, 7) is 1.93. The summed E-state index contributed by atoms with van der Waals surface area (Å²) >= 11 is 0. The van der Waals surface area contributed by atoms with Crippen molar-refractivity contribution < 1.29 is 9.18 Å². The van der Waals surface area contributed by atoms with Crippen LogP contribution in [-0.4, -0.2) is 30.9 Å². The molecule has 3 rings (SSSR count). The van der Waals surface area contributed by atoms with E-state index in [9.17, 15) is 9.18 Å². The standard InChI is InChI=1S/C14H13FN6O/c1-2-12-17-14(20-19-12)18-13(22)9-7-16-21(8-9)11-5-3-10(15)4-6-11/h3-8H,2H2,1H3,(H2,17,18,19,20,22). The van der Waals surface area contributed by atoms with Gasteiger partial charge in [-0.2, -0.15) is 10.1 Å². The van der Waals surface area contributed by atoms with E-state index in [1.807, 2.05) is 6.92 Å². The molecule has 0 aliphatic heterocycles. The fraction of sp³-hybridized carbons (Fsp3) is 0.143. The summed E-state index contributed by atoms with van der Waals surface area (Å²) in [5.41, 5.74) is 1.01. The van der Waals surface area contributed by atoms with Crippen LogP contribution in [-0.2, 0) is 6.42 Å². The van der Waals surface area contributed by atoms with Gasteiger partial charge in [0.2, 0.25) is 5.95 Å². The van der Waals surface area contributed by atoms with Gasteiger partial charge in [0, 0.05) is 12.6 Å². The maximum Gasteiger partial charge on any atom is 0.261 e. The second-order valence-corrected chi connectivity index (χ2v) is 4.56. The van der Waals surface area contributed by atoms with Gasteiger partial charge in [-0.25, -0.2) is 9.07 Å². The number of anilines is 1. The van der Waals surface area contributed by atoms with E-state index in [0.29, 0.717) is 23.5 Å². The van der Waals surface area contributed by atoms with E-state index < -0.39 is 0 Å². The predicted octanol–water partition coefficient (Wildman–Crippen LogP) is 1.94. The lowest BCUT2D eigenvalue weighted by Gasteiger charge is -2.00. The Hall–Kier alpha value is -3.03. The third-order valence-electron chi connectivity index (χ3n) is 3.03. The monoisotopic (exact) mass is 300 g/mol. The Morgan fingerprint density at radius 1 is 1.36 bits per heavy atom. The average Bonchev–Trinajstić information content (AvgIpc) is 3.17. The van der Waals surface area contributed by atoms with Crippen LogP contribution in [0.25, 0.3) is 5.69 Å². The van der Waals surface area contributed by atoms with Crippen molar-refractivity contribution >= 4 is 11.9 Å². The highest BCUT2D eigenvalue weighted by Gasteiger charge is 2.12. The Kier molecular flexibility index (Phi) is 3.65. The topological polar surface area (TPSA) is 88.5 Å². The normalized spacial score (nSPS) is 10.6. The van der Waals surface area contributed by atoms with E-state index in [0.717, 1.165) is 0 Å². The van der Waals surface area contributed by atoms with Gasteiger partial charge < -0.3 is 0 Å². The Bertz CT molecular complexity index is 792. The minimum Gasteiger partial charge on any atom is -0.289 e. The van der Waals surface area contributed by atoms with Gasteiger partial charge in [-0.1, -0.05) is 6.92 Å². The molecule has 0 unspecified atom stereocenters. The molecule has 1 aromatic carbocycles. The maximum atomic E-state index is 12.9.